The summed E-state index contributed by atoms with van der Waals surface area (Å²) in [5, 5.41) is 11.7. The summed E-state index contributed by atoms with van der Waals surface area (Å²) >= 11 is 0. The summed E-state index contributed by atoms with van der Waals surface area (Å²) in [5.74, 6) is -0.920. The van der Waals surface area contributed by atoms with Crippen LogP contribution in [-0.4, -0.2) is 29.2 Å². The SMILES string of the molecule is CC(C)(CC(=O)O)NC(=O)N1CCCCc2ccccc21. The first kappa shape index (κ1) is 15.4. The lowest BCUT2D eigenvalue weighted by atomic mass is 10.0. The van der Waals surface area contributed by atoms with Crippen LogP contribution in [-0.2, 0) is 11.2 Å². The van der Waals surface area contributed by atoms with Gasteiger partial charge >= 0.3 is 12.0 Å². The van der Waals surface area contributed by atoms with Crippen LogP contribution in [0.3, 0.4) is 0 Å². The second-order valence-corrected chi connectivity index (χ2v) is 6.12. The Hall–Kier alpha value is -2.04. The summed E-state index contributed by atoms with van der Waals surface area (Å²) < 4.78 is 0. The first-order chi connectivity index (χ1) is 9.89. The van der Waals surface area contributed by atoms with Crippen molar-refractivity contribution < 1.29 is 14.7 Å². The third-order valence-corrected chi connectivity index (χ3v) is 3.64. The van der Waals surface area contributed by atoms with E-state index in [2.05, 4.69) is 5.32 Å². The van der Waals surface area contributed by atoms with Crippen molar-refractivity contribution in [1.29, 1.82) is 0 Å². The van der Waals surface area contributed by atoms with E-state index in [0.717, 1.165) is 24.9 Å². The summed E-state index contributed by atoms with van der Waals surface area (Å²) in [6.07, 6.45) is 2.87. The molecule has 114 valence electrons. The van der Waals surface area contributed by atoms with Crippen molar-refractivity contribution in [3.05, 3.63) is 29.8 Å². The van der Waals surface area contributed by atoms with Gasteiger partial charge < -0.3 is 10.4 Å². The number of nitrogens with one attached hydrogen (secondary N) is 1. The predicted molar refractivity (Wildman–Crippen MR) is 81.6 cm³/mol. The van der Waals surface area contributed by atoms with Gasteiger partial charge in [-0.05, 0) is 44.7 Å². The molecule has 1 aliphatic heterocycles. The molecule has 5 heteroatoms. The zero-order chi connectivity index (χ0) is 15.5. The molecule has 5 nitrogen and oxygen atoms in total. The molecular weight excluding hydrogens is 268 g/mol. The Labute approximate surface area is 125 Å². The van der Waals surface area contributed by atoms with Crippen molar-refractivity contribution in [1.82, 2.24) is 5.32 Å². The van der Waals surface area contributed by atoms with Gasteiger partial charge in [-0.15, -0.1) is 0 Å². The maximum absolute atomic E-state index is 12.5. The summed E-state index contributed by atoms with van der Waals surface area (Å²) in [5.41, 5.74) is 1.32. The van der Waals surface area contributed by atoms with Gasteiger partial charge in [-0.2, -0.15) is 0 Å². The molecule has 2 rings (SSSR count). The van der Waals surface area contributed by atoms with Gasteiger partial charge in [-0.3, -0.25) is 9.69 Å². The number of nitrogens with zero attached hydrogens (tertiary/aromatic N) is 1. The van der Waals surface area contributed by atoms with E-state index in [0.29, 0.717) is 6.54 Å². The van der Waals surface area contributed by atoms with Crippen LogP contribution in [0.2, 0.25) is 0 Å². The summed E-state index contributed by atoms with van der Waals surface area (Å²) in [4.78, 5) is 25.1. The third kappa shape index (κ3) is 3.97. The number of hydrogen-bond donors (Lipinski definition) is 2. The third-order valence-electron chi connectivity index (χ3n) is 3.64. The van der Waals surface area contributed by atoms with Gasteiger partial charge in [-0.1, -0.05) is 18.2 Å². The first-order valence-corrected chi connectivity index (χ1v) is 7.28. The second kappa shape index (κ2) is 6.16. The van der Waals surface area contributed by atoms with Gasteiger partial charge in [0.1, 0.15) is 0 Å². The predicted octanol–water partition coefficient (Wildman–Crippen LogP) is 2.79. The molecule has 0 spiro atoms. The average molecular weight is 290 g/mol. The fraction of sp³-hybridized carbons (Fsp3) is 0.500. The molecule has 1 aromatic rings. The standard InChI is InChI=1S/C16H22N2O3/c1-16(2,11-14(19)20)17-15(21)18-10-6-5-8-12-7-3-4-9-13(12)18/h3-4,7,9H,5-6,8,10-11H2,1-2H3,(H,17,21)(H,19,20). The smallest absolute Gasteiger partial charge is 0.322 e. The molecule has 1 heterocycles. The van der Waals surface area contributed by atoms with E-state index in [1.54, 1.807) is 18.7 Å². The van der Waals surface area contributed by atoms with Gasteiger partial charge in [0.25, 0.3) is 0 Å². The van der Waals surface area contributed by atoms with E-state index in [9.17, 15) is 9.59 Å². The quantitative estimate of drug-likeness (QED) is 0.899. The maximum atomic E-state index is 12.5. The first-order valence-electron chi connectivity index (χ1n) is 7.28. The van der Waals surface area contributed by atoms with Gasteiger partial charge in [0.05, 0.1) is 6.42 Å². The number of urea groups is 1. The number of rotatable bonds is 3. The number of aryl methyl sites for hydroxylation is 1. The fourth-order valence-corrected chi connectivity index (χ4v) is 2.68. The normalized spacial score (nSPS) is 15.0. The van der Waals surface area contributed by atoms with Crippen LogP contribution in [0.25, 0.3) is 0 Å². The Balaban J connectivity index is 2.17. The fourth-order valence-electron chi connectivity index (χ4n) is 2.68. The summed E-state index contributed by atoms with van der Waals surface area (Å²) in [7, 11) is 0. The molecular formula is C16H22N2O3. The number of benzene rings is 1. The summed E-state index contributed by atoms with van der Waals surface area (Å²) in [6.45, 7) is 4.11. The number of amides is 2. The van der Waals surface area contributed by atoms with Crippen LogP contribution in [0.4, 0.5) is 10.5 Å². The molecule has 0 fully saturated rings. The molecule has 0 atom stereocenters. The minimum Gasteiger partial charge on any atom is -0.481 e. The van der Waals surface area contributed by atoms with Crippen molar-refractivity contribution in [2.75, 3.05) is 11.4 Å². The molecule has 0 bridgehead atoms. The van der Waals surface area contributed by atoms with Crippen molar-refractivity contribution in [3.63, 3.8) is 0 Å². The second-order valence-electron chi connectivity index (χ2n) is 6.12. The Morgan fingerprint density at radius 1 is 1.29 bits per heavy atom. The Kier molecular flexibility index (Phi) is 4.50. The lowest BCUT2D eigenvalue weighted by Crippen LogP contribution is -2.51. The minimum atomic E-state index is -0.920. The zero-order valence-corrected chi connectivity index (χ0v) is 12.6. The number of carbonyl (C=O) groups excluding carboxylic acids is 1. The van der Waals surface area contributed by atoms with Gasteiger partial charge in [-0.25, -0.2) is 4.79 Å². The highest BCUT2D eigenvalue weighted by molar-refractivity contribution is 5.93. The van der Waals surface area contributed by atoms with E-state index in [1.165, 1.54) is 5.56 Å². The molecule has 1 aromatic carbocycles. The van der Waals surface area contributed by atoms with Crippen LogP contribution < -0.4 is 10.2 Å². The Morgan fingerprint density at radius 3 is 2.71 bits per heavy atom. The number of carboxylic acid groups (broad SMARTS) is 1. The van der Waals surface area contributed by atoms with Gasteiger partial charge in [0.15, 0.2) is 0 Å². The number of carboxylic acids is 1. The van der Waals surface area contributed by atoms with E-state index >= 15 is 0 Å². The van der Waals surface area contributed by atoms with Crippen molar-refractivity contribution in [2.24, 2.45) is 0 Å². The van der Waals surface area contributed by atoms with Crippen LogP contribution >= 0.6 is 0 Å². The van der Waals surface area contributed by atoms with E-state index < -0.39 is 11.5 Å². The van der Waals surface area contributed by atoms with Gasteiger partial charge in [0.2, 0.25) is 0 Å². The molecule has 2 N–H and O–H groups in total. The molecule has 1 aliphatic rings. The number of carbonyl (C=O) groups is 2. The minimum absolute atomic E-state index is 0.103. The molecule has 0 radical (unpaired) electrons. The lowest BCUT2D eigenvalue weighted by molar-refractivity contribution is -0.138. The molecule has 0 saturated heterocycles. The molecule has 0 unspecified atom stereocenters. The molecule has 21 heavy (non-hydrogen) atoms. The highest BCUT2D eigenvalue weighted by atomic mass is 16.4. The van der Waals surface area contributed by atoms with E-state index in [4.69, 9.17) is 5.11 Å². The van der Waals surface area contributed by atoms with Crippen molar-refractivity contribution in [3.8, 4) is 0 Å². The van der Waals surface area contributed by atoms with Crippen LogP contribution in [0.1, 0.15) is 38.7 Å². The number of anilines is 1. The van der Waals surface area contributed by atoms with Crippen LogP contribution in [0, 0.1) is 0 Å². The summed E-state index contributed by atoms with van der Waals surface area (Å²) in [6, 6.07) is 7.67. The van der Waals surface area contributed by atoms with Crippen molar-refractivity contribution in [2.45, 2.75) is 45.1 Å². The number of fused-ring (bicyclic) bond motifs is 1. The topological polar surface area (TPSA) is 69.6 Å². The number of hydrogen-bond acceptors (Lipinski definition) is 2. The number of para-hydroxylation sites is 1. The monoisotopic (exact) mass is 290 g/mol. The zero-order valence-electron chi connectivity index (χ0n) is 12.6. The van der Waals surface area contributed by atoms with Crippen LogP contribution in [0.5, 0.6) is 0 Å². The largest absolute Gasteiger partial charge is 0.481 e. The molecule has 0 aliphatic carbocycles. The molecule has 0 saturated carbocycles. The van der Waals surface area contributed by atoms with Gasteiger partial charge in [0, 0.05) is 17.8 Å². The van der Waals surface area contributed by atoms with E-state index in [-0.39, 0.29) is 12.5 Å². The Morgan fingerprint density at radius 2 is 2.00 bits per heavy atom. The van der Waals surface area contributed by atoms with Crippen molar-refractivity contribution >= 4 is 17.7 Å². The molecule has 2 amide bonds. The molecule has 0 aromatic heterocycles. The maximum Gasteiger partial charge on any atom is 0.322 e. The Bertz CT molecular complexity index is 540. The lowest BCUT2D eigenvalue weighted by Gasteiger charge is -2.30. The average Bonchev–Trinajstić information content (AvgIpc) is 2.58. The highest BCUT2D eigenvalue weighted by Crippen LogP contribution is 2.26. The highest BCUT2D eigenvalue weighted by Gasteiger charge is 2.28. The number of aliphatic carboxylic acids is 1. The van der Waals surface area contributed by atoms with Crippen LogP contribution in [0.15, 0.2) is 24.3 Å². The van der Waals surface area contributed by atoms with E-state index in [1.807, 2.05) is 24.3 Å².